The van der Waals surface area contributed by atoms with E-state index in [9.17, 15) is 0 Å². The molecule has 0 unspecified atom stereocenters. The van der Waals surface area contributed by atoms with Gasteiger partial charge in [-0.15, -0.1) is 0 Å². The van der Waals surface area contributed by atoms with Crippen molar-refractivity contribution in [3.63, 3.8) is 0 Å². The maximum absolute atomic E-state index is 5.03. The number of aryl methyl sites for hydroxylation is 1. The van der Waals surface area contributed by atoms with E-state index < -0.39 is 0 Å². The van der Waals surface area contributed by atoms with Crippen molar-refractivity contribution in [3.05, 3.63) is 35.7 Å². The van der Waals surface area contributed by atoms with Crippen LogP contribution in [0.5, 0.6) is 0 Å². The Kier molecular flexibility index (Phi) is 2.68. The van der Waals surface area contributed by atoms with Gasteiger partial charge in [-0.3, -0.25) is 0 Å². The van der Waals surface area contributed by atoms with Crippen LogP contribution in [0.15, 0.2) is 23.1 Å². The van der Waals surface area contributed by atoms with Gasteiger partial charge in [0.15, 0.2) is 0 Å². The molecule has 90 valence electrons. The zero-order valence-electron chi connectivity index (χ0n) is 9.89. The van der Waals surface area contributed by atoms with Crippen LogP contribution in [0.1, 0.15) is 30.0 Å². The van der Waals surface area contributed by atoms with Gasteiger partial charge >= 0.3 is 0 Å². The molecule has 1 N–H and O–H groups in total. The normalized spacial score (nSPS) is 15.4. The zero-order chi connectivity index (χ0) is 11.7. The molecule has 0 bridgehead atoms. The molecule has 1 aliphatic rings. The molecule has 0 aromatic carbocycles. The fourth-order valence-electron chi connectivity index (χ4n) is 1.80. The van der Waals surface area contributed by atoms with Crippen molar-refractivity contribution in [3.8, 4) is 0 Å². The lowest BCUT2D eigenvalue weighted by Crippen LogP contribution is -2.15. The van der Waals surface area contributed by atoms with Crippen LogP contribution in [-0.2, 0) is 13.1 Å². The van der Waals surface area contributed by atoms with E-state index in [-0.39, 0.29) is 0 Å². The van der Waals surface area contributed by atoms with Gasteiger partial charge in [-0.2, -0.15) is 0 Å². The van der Waals surface area contributed by atoms with Crippen molar-refractivity contribution in [1.82, 2.24) is 20.0 Å². The summed E-state index contributed by atoms with van der Waals surface area (Å²) in [4.78, 5) is 4.36. The van der Waals surface area contributed by atoms with E-state index in [2.05, 4.69) is 21.7 Å². The summed E-state index contributed by atoms with van der Waals surface area (Å²) in [5.74, 6) is 0.843. The predicted molar refractivity (Wildman–Crippen MR) is 62.4 cm³/mol. The van der Waals surface area contributed by atoms with Crippen LogP contribution in [-0.4, -0.2) is 20.7 Å². The van der Waals surface area contributed by atoms with Gasteiger partial charge < -0.3 is 14.4 Å². The lowest BCUT2D eigenvalue weighted by molar-refractivity contribution is 0.389. The first kappa shape index (κ1) is 10.5. The summed E-state index contributed by atoms with van der Waals surface area (Å²) in [6.45, 7) is 3.47. The number of nitrogens with one attached hydrogen (secondary N) is 1. The monoisotopic (exact) mass is 232 g/mol. The molecule has 1 saturated carbocycles. The van der Waals surface area contributed by atoms with E-state index in [1.807, 2.05) is 23.9 Å². The Bertz CT molecular complexity index is 498. The first-order valence-corrected chi connectivity index (χ1v) is 5.96. The minimum absolute atomic E-state index is 0.716. The Hall–Kier alpha value is -1.62. The van der Waals surface area contributed by atoms with E-state index in [0.717, 1.165) is 29.7 Å². The van der Waals surface area contributed by atoms with Crippen molar-refractivity contribution in [2.75, 3.05) is 0 Å². The minimum atomic E-state index is 0.716. The van der Waals surface area contributed by atoms with Crippen molar-refractivity contribution in [2.45, 2.75) is 38.9 Å². The first-order chi connectivity index (χ1) is 8.29. The summed E-state index contributed by atoms with van der Waals surface area (Å²) in [5.41, 5.74) is 2.01. The van der Waals surface area contributed by atoms with Crippen LogP contribution in [0.4, 0.5) is 0 Å². The van der Waals surface area contributed by atoms with Gasteiger partial charge in [0, 0.05) is 24.8 Å². The predicted octanol–water partition coefficient (Wildman–Crippen LogP) is 1.48. The molecule has 0 amide bonds. The molecule has 0 saturated heterocycles. The molecule has 3 rings (SSSR count). The molecular formula is C12H16N4O. The topological polar surface area (TPSA) is 55.9 Å². The molecule has 17 heavy (non-hydrogen) atoms. The number of hydrogen-bond acceptors (Lipinski definition) is 4. The zero-order valence-corrected chi connectivity index (χ0v) is 9.89. The van der Waals surface area contributed by atoms with Crippen LogP contribution in [0.3, 0.4) is 0 Å². The maximum atomic E-state index is 5.03. The average Bonchev–Trinajstić information content (AvgIpc) is 2.90. The molecule has 0 spiro atoms. The average molecular weight is 232 g/mol. The quantitative estimate of drug-likeness (QED) is 0.848. The lowest BCUT2D eigenvalue weighted by atomic mass is 10.4. The SMILES string of the molecule is Cc1cc(Cn2cnc(CNC3CC3)c2)no1. The lowest BCUT2D eigenvalue weighted by Gasteiger charge is -1.98. The molecular weight excluding hydrogens is 216 g/mol. The van der Waals surface area contributed by atoms with E-state index in [0.29, 0.717) is 6.54 Å². The van der Waals surface area contributed by atoms with Gasteiger partial charge in [0.05, 0.1) is 18.6 Å². The summed E-state index contributed by atoms with van der Waals surface area (Å²) in [6.07, 6.45) is 6.51. The van der Waals surface area contributed by atoms with Crippen molar-refractivity contribution >= 4 is 0 Å². The van der Waals surface area contributed by atoms with Gasteiger partial charge in [-0.05, 0) is 19.8 Å². The third-order valence-corrected chi connectivity index (χ3v) is 2.86. The smallest absolute Gasteiger partial charge is 0.133 e. The molecule has 2 aromatic rings. The van der Waals surface area contributed by atoms with Crippen LogP contribution in [0, 0.1) is 6.92 Å². The largest absolute Gasteiger partial charge is 0.361 e. The highest BCUT2D eigenvalue weighted by Crippen LogP contribution is 2.19. The maximum Gasteiger partial charge on any atom is 0.133 e. The molecule has 2 heterocycles. The summed E-state index contributed by atoms with van der Waals surface area (Å²) in [5, 5.41) is 7.41. The Morgan fingerprint density at radius 1 is 1.47 bits per heavy atom. The molecule has 1 aliphatic carbocycles. The summed E-state index contributed by atoms with van der Waals surface area (Å²) < 4.78 is 7.06. The third-order valence-electron chi connectivity index (χ3n) is 2.86. The fraction of sp³-hybridized carbons (Fsp3) is 0.500. The third kappa shape index (κ3) is 2.74. The summed E-state index contributed by atoms with van der Waals surface area (Å²) in [6, 6.07) is 2.67. The molecule has 5 heteroatoms. The highest BCUT2D eigenvalue weighted by Gasteiger charge is 2.20. The van der Waals surface area contributed by atoms with Crippen molar-refractivity contribution in [2.24, 2.45) is 0 Å². The van der Waals surface area contributed by atoms with E-state index >= 15 is 0 Å². The highest BCUT2D eigenvalue weighted by molar-refractivity contribution is 5.06. The minimum Gasteiger partial charge on any atom is -0.361 e. The molecule has 0 radical (unpaired) electrons. The number of aromatic nitrogens is 3. The molecule has 5 nitrogen and oxygen atoms in total. The second kappa shape index (κ2) is 4.33. The second-order valence-electron chi connectivity index (χ2n) is 4.62. The van der Waals surface area contributed by atoms with E-state index in [4.69, 9.17) is 4.52 Å². The summed E-state index contributed by atoms with van der Waals surface area (Å²) >= 11 is 0. The first-order valence-electron chi connectivity index (χ1n) is 5.96. The number of hydrogen-bond donors (Lipinski definition) is 1. The van der Waals surface area contributed by atoms with Gasteiger partial charge in [0.2, 0.25) is 0 Å². The van der Waals surface area contributed by atoms with Gasteiger partial charge in [-0.25, -0.2) is 4.98 Å². The number of imidazole rings is 1. The summed E-state index contributed by atoms with van der Waals surface area (Å²) in [7, 11) is 0. The van der Waals surface area contributed by atoms with Crippen LogP contribution in [0.25, 0.3) is 0 Å². The Balaban J connectivity index is 1.59. The number of rotatable bonds is 5. The highest BCUT2D eigenvalue weighted by atomic mass is 16.5. The van der Waals surface area contributed by atoms with Crippen LogP contribution in [0.2, 0.25) is 0 Å². The second-order valence-corrected chi connectivity index (χ2v) is 4.62. The van der Waals surface area contributed by atoms with Crippen LogP contribution >= 0.6 is 0 Å². The van der Waals surface area contributed by atoms with Crippen molar-refractivity contribution in [1.29, 1.82) is 0 Å². The molecule has 1 fully saturated rings. The van der Waals surface area contributed by atoms with Crippen molar-refractivity contribution < 1.29 is 4.52 Å². The Labute approximate surface area is 99.8 Å². The fourth-order valence-corrected chi connectivity index (χ4v) is 1.80. The molecule has 2 aromatic heterocycles. The van der Waals surface area contributed by atoms with Gasteiger partial charge in [-0.1, -0.05) is 5.16 Å². The Morgan fingerprint density at radius 3 is 3.06 bits per heavy atom. The van der Waals surface area contributed by atoms with Gasteiger partial charge in [0.25, 0.3) is 0 Å². The molecule has 0 aliphatic heterocycles. The number of nitrogens with zero attached hydrogens (tertiary/aromatic N) is 3. The molecule has 0 atom stereocenters. The van der Waals surface area contributed by atoms with Gasteiger partial charge in [0.1, 0.15) is 11.5 Å². The van der Waals surface area contributed by atoms with E-state index in [1.54, 1.807) is 0 Å². The van der Waals surface area contributed by atoms with E-state index in [1.165, 1.54) is 12.8 Å². The standard InChI is InChI=1S/C12H16N4O/c1-9-4-11(15-17-9)6-16-7-12(14-8-16)5-13-10-2-3-10/h4,7-8,10,13H,2-3,5-6H2,1H3. The van der Waals surface area contributed by atoms with Crippen LogP contribution < -0.4 is 5.32 Å². The Morgan fingerprint density at radius 2 is 2.35 bits per heavy atom.